The van der Waals surface area contributed by atoms with Crippen LogP contribution in [0.25, 0.3) is 54.9 Å². The van der Waals surface area contributed by atoms with E-state index in [0.29, 0.717) is 5.82 Å². The smallest absolute Gasteiger partial charge is 0.163 e. The van der Waals surface area contributed by atoms with Crippen LogP contribution >= 0.6 is 0 Å². The minimum Gasteiger partial charge on any atom is -0.455 e. The van der Waals surface area contributed by atoms with Gasteiger partial charge in [-0.25, -0.2) is 9.97 Å². The van der Waals surface area contributed by atoms with Crippen molar-refractivity contribution >= 4 is 43.5 Å². The van der Waals surface area contributed by atoms with Crippen LogP contribution in [0.5, 0.6) is 0 Å². The molecular weight excluding hydrogens is 404 g/mol. The molecule has 1 aliphatic carbocycles. The van der Waals surface area contributed by atoms with Gasteiger partial charge in [-0.2, -0.15) is 0 Å². The molecule has 2 aromatic heterocycles. The standard InChI is InChI=1S/C30H24N2O/c1-2-8-20(9-3-1)27-17-18-31-30(32-27)26-12-6-11-23-25-16-15-22-21-10-5-4-7-19(21)13-14-24(22)28(25)33-29(23)26/h4-7,10-18,20H,1-3,8-9H2/i20D. The Morgan fingerprint density at radius 1 is 0.697 bits per heavy atom. The minimum absolute atomic E-state index is 0.616. The van der Waals surface area contributed by atoms with E-state index < -0.39 is 5.89 Å². The zero-order chi connectivity index (χ0) is 22.7. The van der Waals surface area contributed by atoms with E-state index in [4.69, 9.17) is 10.8 Å². The van der Waals surface area contributed by atoms with Gasteiger partial charge < -0.3 is 4.42 Å². The quantitative estimate of drug-likeness (QED) is 0.259. The molecule has 2 heterocycles. The monoisotopic (exact) mass is 429 g/mol. The lowest BCUT2D eigenvalue weighted by molar-refractivity contribution is 0.436. The largest absolute Gasteiger partial charge is 0.455 e. The molecule has 1 fully saturated rings. The molecule has 0 radical (unpaired) electrons. The SMILES string of the molecule is [2H]C1(c2ccnc(-c3cccc4c3oc3c4ccc4c5ccccc5ccc43)n2)CCCCC1. The highest BCUT2D eigenvalue weighted by Gasteiger charge is 2.20. The molecule has 7 rings (SSSR count). The maximum Gasteiger partial charge on any atom is 0.163 e. The average Bonchev–Trinajstić information content (AvgIpc) is 3.28. The van der Waals surface area contributed by atoms with Crippen molar-refractivity contribution in [2.45, 2.75) is 38.0 Å². The summed E-state index contributed by atoms with van der Waals surface area (Å²) >= 11 is 0. The molecule has 6 aromatic rings. The van der Waals surface area contributed by atoms with Crippen LogP contribution in [-0.2, 0) is 0 Å². The number of nitrogens with zero attached hydrogens (tertiary/aromatic N) is 2. The van der Waals surface area contributed by atoms with Crippen LogP contribution in [-0.4, -0.2) is 9.97 Å². The first-order valence-corrected chi connectivity index (χ1v) is 11.8. The van der Waals surface area contributed by atoms with Crippen molar-refractivity contribution in [1.29, 1.82) is 0 Å². The molecule has 0 N–H and O–H groups in total. The van der Waals surface area contributed by atoms with Gasteiger partial charge >= 0.3 is 0 Å². The van der Waals surface area contributed by atoms with Crippen LogP contribution in [0.4, 0.5) is 0 Å². The van der Waals surface area contributed by atoms with Gasteiger partial charge in [-0.3, -0.25) is 0 Å². The average molecular weight is 430 g/mol. The highest BCUT2D eigenvalue weighted by molar-refractivity contribution is 6.21. The normalized spacial score (nSPS) is 16.5. The van der Waals surface area contributed by atoms with Crippen LogP contribution in [0.2, 0.25) is 0 Å². The Hall–Kier alpha value is -3.72. The number of para-hydroxylation sites is 1. The third-order valence-electron chi connectivity index (χ3n) is 7.10. The fourth-order valence-corrected chi connectivity index (χ4v) is 5.44. The third kappa shape index (κ3) is 2.96. The molecule has 1 aliphatic rings. The van der Waals surface area contributed by atoms with Crippen LogP contribution in [0.15, 0.2) is 83.4 Å². The van der Waals surface area contributed by atoms with Crippen molar-refractivity contribution in [3.63, 3.8) is 0 Å². The van der Waals surface area contributed by atoms with Crippen LogP contribution < -0.4 is 0 Å². The van der Waals surface area contributed by atoms with E-state index in [-0.39, 0.29) is 0 Å². The van der Waals surface area contributed by atoms with E-state index in [1.54, 1.807) is 6.20 Å². The Morgan fingerprint density at radius 3 is 2.39 bits per heavy atom. The Balaban J connectivity index is 1.45. The molecule has 1 saturated carbocycles. The van der Waals surface area contributed by atoms with Gasteiger partial charge in [-0.15, -0.1) is 0 Å². The lowest BCUT2D eigenvalue weighted by Crippen LogP contribution is -2.07. The number of aromatic nitrogens is 2. The Bertz CT molecular complexity index is 1710. The molecule has 160 valence electrons. The summed E-state index contributed by atoms with van der Waals surface area (Å²) in [5.41, 5.74) is 3.40. The highest BCUT2D eigenvalue weighted by Crippen LogP contribution is 2.40. The zero-order valence-electron chi connectivity index (χ0n) is 19.3. The first kappa shape index (κ1) is 17.8. The fraction of sp³-hybridized carbons (Fsp3) is 0.200. The number of furan rings is 1. The van der Waals surface area contributed by atoms with Crippen molar-refractivity contribution in [1.82, 2.24) is 9.97 Å². The van der Waals surface area contributed by atoms with Gasteiger partial charge in [0.05, 0.1) is 5.56 Å². The molecule has 0 saturated heterocycles. The molecule has 4 aromatic carbocycles. The summed E-state index contributed by atoms with van der Waals surface area (Å²) in [6.07, 6.45) is 6.90. The lowest BCUT2D eigenvalue weighted by Gasteiger charge is -2.21. The summed E-state index contributed by atoms with van der Waals surface area (Å²) < 4.78 is 15.6. The van der Waals surface area contributed by atoms with E-state index >= 15 is 0 Å². The van der Waals surface area contributed by atoms with Crippen molar-refractivity contribution in [2.24, 2.45) is 0 Å². The van der Waals surface area contributed by atoms with Gasteiger partial charge in [0.25, 0.3) is 0 Å². The van der Waals surface area contributed by atoms with E-state index in [0.717, 1.165) is 64.3 Å². The molecule has 0 amide bonds. The first-order valence-electron chi connectivity index (χ1n) is 12.3. The Kier molecular flexibility index (Phi) is 4.00. The maximum atomic E-state index is 9.01. The molecule has 0 atom stereocenters. The van der Waals surface area contributed by atoms with Gasteiger partial charge in [0.15, 0.2) is 5.82 Å². The lowest BCUT2D eigenvalue weighted by atomic mass is 9.87. The maximum absolute atomic E-state index is 9.01. The summed E-state index contributed by atoms with van der Waals surface area (Å²) in [6.45, 7) is 0. The number of benzene rings is 4. The number of hydrogen-bond donors (Lipinski definition) is 0. The summed E-state index contributed by atoms with van der Waals surface area (Å²) in [5, 5.41) is 6.92. The highest BCUT2D eigenvalue weighted by atomic mass is 16.3. The van der Waals surface area contributed by atoms with Crippen LogP contribution in [0, 0.1) is 0 Å². The zero-order valence-corrected chi connectivity index (χ0v) is 18.3. The number of fused-ring (bicyclic) bond motifs is 7. The van der Waals surface area contributed by atoms with Gasteiger partial charge in [0.2, 0.25) is 0 Å². The minimum atomic E-state index is -0.616. The van der Waals surface area contributed by atoms with Crippen molar-refractivity contribution in [2.75, 3.05) is 0 Å². The van der Waals surface area contributed by atoms with E-state index in [1.165, 1.54) is 22.6 Å². The van der Waals surface area contributed by atoms with E-state index in [1.807, 2.05) is 18.2 Å². The van der Waals surface area contributed by atoms with Crippen LogP contribution in [0.1, 0.15) is 45.1 Å². The topological polar surface area (TPSA) is 38.9 Å². The summed E-state index contributed by atoms with van der Waals surface area (Å²) in [6, 6.07) is 25.2. The number of rotatable bonds is 2. The van der Waals surface area contributed by atoms with E-state index in [9.17, 15) is 0 Å². The van der Waals surface area contributed by atoms with Gasteiger partial charge in [0, 0.05) is 35.3 Å². The second kappa shape index (κ2) is 7.41. The fourth-order valence-electron chi connectivity index (χ4n) is 5.44. The molecule has 0 unspecified atom stereocenters. The van der Waals surface area contributed by atoms with Crippen molar-refractivity contribution in [3.05, 3.63) is 84.7 Å². The molecule has 3 nitrogen and oxygen atoms in total. The van der Waals surface area contributed by atoms with Gasteiger partial charge in [-0.05, 0) is 53.3 Å². The van der Waals surface area contributed by atoms with E-state index in [2.05, 4.69) is 59.6 Å². The third-order valence-corrected chi connectivity index (χ3v) is 7.10. The van der Waals surface area contributed by atoms with Crippen molar-refractivity contribution < 1.29 is 5.79 Å². The van der Waals surface area contributed by atoms with Crippen LogP contribution in [0.3, 0.4) is 0 Å². The van der Waals surface area contributed by atoms with Crippen molar-refractivity contribution in [3.8, 4) is 11.4 Å². The van der Waals surface area contributed by atoms with Gasteiger partial charge in [0.1, 0.15) is 11.2 Å². The van der Waals surface area contributed by atoms with Gasteiger partial charge in [-0.1, -0.05) is 67.8 Å². The summed E-state index contributed by atoms with van der Waals surface area (Å²) in [5.74, 6) is 0.0173. The Morgan fingerprint density at radius 2 is 1.45 bits per heavy atom. The predicted molar refractivity (Wildman–Crippen MR) is 136 cm³/mol. The first-order chi connectivity index (χ1) is 16.7. The predicted octanol–water partition coefficient (Wildman–Crippen LogP) is 8.40. The molecule has 0 bridgehead atoms. The molecular formula is C30H24N2O. The summed E-state index contributed by atoms with van der Waals surface area (Å²) in [7, 11) is 0. The molecule has 3 heteroatoms. The molecule has 0 aliphatic heterocycles. The molecule has 33 heavy (non-hydrogen) atoms. The molecule has 0 spiro atoms. The number of hydrogen-bond acceptors (Lipinski definition) is 3. The second-order valence-electron chi connectivity index (χ2n) is 9.04. The summed E-state index contributed by atoms with van der Waals surface area (Å²) in [4.78, 5) is 9.51. The Labute approximate surface area is 193 Å². The second-order valence-corrected chi connectivity index (χ2v) is 9.04.